The van der Waals surface area contributed by atoms with Crippen LogP contribution in [0.2, 0.25) is 5.02 Å². The van der Waals surface area contributed by atoms with Crippen LogP contribution < -0.4 is 14.4 Å². The summed E-state index contributed by atoms with van der Waals surface area (Å²) >= 11 is 6.03. The molecule has 1 aliphatic carbocycles. The Morgan fingerprint density at radius 2 is 2.12 bits per heavy atom. The van der Waals surface area contributed by atoms with Crippen molar-refractivity contribution in [3.8, 4) is 5.75 Å². The van der Waals surface area contributed by atoms with Gasteiger partial charge in [-0.1, -0.05) is 23.3 Å². The molecule has 1 N–H and O–H groups in total. The Kier molecular flexibility index (Phi) is 6.94. The molecule has 0 spiro atoms. The molecule has 0 saturated heterocycles. The molecular formula is C18H25ClN2O4S. The molecule has 0 bridgehead atoms. The number of carbonyl (C=O) groups is 1. The number of carbonyl (C=O) groups excluding carboxylic acids is 1. The maximum Gasteiger partial charge on any atom is 0.243 e. The van der Waals surface area contributed by atoms with Gasteiger partial charge in [-0.05, 0) is 50.8 Å². The Bertz CT molecular complexity index is 792. The molecule has 0 unspecified atom stereocenters. The zero-order valence-corrected chi connectivity index (χ0v) is 16.9. The molecule has 1 aromatic carbocycles. The number of hydrogen-bond donors (Lipinski definition) is 1. The van der Waals surface area contributed by atoms with Gasteiger partial charge in [-0.2, -0.15) is 0 Å². The van der Waals surface area contributed by atoms with Gasteiger partial charge < -0.3 is 10.1 Å². The highest BCUT2D eigenvalue weighted by Crippen LogP contribution is 2.34. The third kappa shape index (κ3) is 5.14. The normalized spacial score (nSPS) is 15.8. The molecule has 26 heavy (non-hydrogen) atoms. The Labute approximate surface area is 160 Å². The van der Waals surface area contributed by atoms with Crippen LogP contribution in [0, 0.1) is 0 Å². The van der Waals surface area contributed by atoms with E-state index >= 15 is 0 Å². The summed E-state index contributed by atoms with van der Waals surface area (Å²) in [6.45, 7) is 1.99. The third-order valence-corrected chi connectivity index (χ3v) is 5.80. The second-order valence-electron chi connectivity index (χ2n) is 6.38. The standard InChI is InChI=1S/C18H25ClN2O4S/c1-13(18(22)20-12-14-7-5-4-6-8-14)21(26(3,23)24)16-11-15(19)9-10-17(16)25-2/h7,9-11,13H,4-6,8,12H2,1-3H3,(H,20,22)/t13-/m1/s1. The number of anilines is 1. The van der Waals surface area contributed by atoms with E-state index in [0.717, 1.165) is 29.8 Å². The number of benzene rings is 1. The second-order valence-corrected chi connectivity index (χ2v) is 8.67. The average molecular weight is 401 g/mol. The van der Waals surface area contributed by atoms with Gasteiger partial charge in [-0.15, -0.1) is 0 Å². The van der Waals surface area contributed by atoms with E-state index in [-0.39, 0.29) is 11.6 Å². The van der Waals surface area contributed by atoms with Gasteiger partial charge in [0.25, 0.3) is 0 Å². The summed E-state index contributed by atoms with van der Waals surface area (Å²) in [5.74, 6) is -0.0432. The summed E-state index contributed by atoms with van der Waals surface area (Å²) in [5, 5.41) is 3.20. The van der Waals surface area contributed by atoms with Gasteiger partial charge in [-0.25, -0.2) is 8.42 Å². The van der Waals surface area contributed by atoms with Gasteiger partial charge in [0.2, 0.25) is 15.9 Å². The molecule has 1 aliphatic rings. The number of hydrogen-bond acceptors (Lipinski definition) is 4. The first-order chi connectivity index (χ1) is 12.2. The Morgan fingerprint density at radius 3 is 2.69 bits per heavy atom. The minimum Gasteiger partial charge on any atom is -0.495 e. The van der Waals surface area contributed by atoms with E-state index in [4.69, 9.17) is 16.3 Å². The van der Waals surface area contributed by atoms with Gasteiger partial charge >= 0.3 is 0 Å². The van der Waals surface area contributed by atoms with Gasteiger partial charge in [0.15, 0.2) is 0 Å². The van der Waals surface area contributed by atoms with Crippen LogP contribution in [0.5, 0.6) is 5.75 Å². The zero-order valence-electron chi connectivity index (χ0n) is 15.3. The van der Waals surface area contributed by atoms with Crippen molar-refractivity contribution in [2.24, 2.45) is 0 Å². The maximum atomic E-state index is 12.6. The van der Waals surface area contributed by atoms with E-state index in [1.807, 2.05) is 0 Å². The topological polar surface area (TPSA) is 75.7 Å². The fraction of sp³-hybridized carbons (Fsp3) is 0.500. The molecule has 1 aromatic rings. The van der Waals surface area contributed by atoms with E-state index in [1.54, 1.807) is 19.1 Å². The Balaban J connectivity index is 2.25. The summed E-state index contributed by atoms with van der Waals surface area (Å²) in [5.41, 5.74) is 1.42. The minimum absolute atomic E-state index is 0.238. The first-order valence-corrected chi connectivity index (χ1v) is 10.7. The lowest BCUT2D eigenvalue weighted by Crippen LogP contribution is -2.48. The van der Waals surface area contributed by atoms with Crippen LogP contribution >= 0.6 is 11.6 Å². The molecule has 144 valence electrons. The summed E-state index contributed by atoms with van der Waals surface area (Å²) in [6, 6.07) is 3.72. The van der Waals surface area contributed by atoms with E-state index in [2.05, 4.69) is 11.4 Å². The van der Waals surface area contributed by atoms with E-state index in [0.29, 0.717) is 17.3 Å². The Morgan fingerprint density at radius 1 is 1.38 bits per heavy atom. The fourth-order valence-corrected chi connectivity index (χ4v) is 4.37. The molecule has 0 fully saturated rings. The fourth-order valence-electron chi connectivity index (χ4n) is 3.03. The smallest absolute Gasteiger partial charge is 0.243 e. The van der Waals surface area contributed by atoms with Crippen LogP contribution in [0.4, 0.5) is 5.69 Å². The number of halogens is 1. The second kappa shape index (κ2) is 8.77. The van der Waals surface area contributed by atoms with Crippen molar-refractivity contribution in [1.29, 1.82) is 0 Å². The molecule has 8 heteroatoms. The van der Waals surface area contributed by atoms with Crippen LogP contribution in [0.3, 0.4) is 0 Å². The number of methoxy groups -OCH3 is 1. The van der Waals surface area contributed by atoms with Crippen molar-refractivity contribution in [3.05, 3.63) is 34.9 Å². The van der Waals surface area contributed by atoms with Crippen LogP contribution in [-0.4, -0.2) is 40.3 Å². The molecule has 0 heterocycles. The molecule has 0 saturated carbocycles. The van der Waals surface area contributed by atoms with Crippen molar-refractivity contribution in [2.45, 2.75) is 38.6 Å². The predicted molar refractivity (Wildman–Crippen MR) is 104 cm³/mol. The van der Waals surface area contributed by atoms with E-state index in [9.17, 15) is 13.2 Å². The quantitative estimate of drug-likeness (QED) is 0.713. The van der Waals surface area contributed by atoms with Gasteiger partial charge in [0.1, 0.15) is 11.8 Å². The molecule has 0 radical (unpaired) electrons. The highest BCUT2D eigenvalue weighted by atomic mass is 35.5. The summed E-state index contributed by atoms with van der Waals surface area (Å²) in [4.78, 5) is 12.6. The summed E-state index contributed by atoms with van der Waals surface area (Å²) in [7, 11) is -2.30. The summed E-state index contributed by atoms with van der Waals surface area (Å²) < 4.78 is 31.1. The lowest BCUT2D eigenvalue weighted by atomic mass is 10.00. The number of rotatable bonds is 7. The number of sulfonamides is 1. The van der Waals surface area contributed by atoms with Gasteiger partial charge in [0.05, 0.1) is 19.1 Å². The monoisotopic (exact) mass is 400 g/mol. The van der Waals surface area contributed by atoms with Crippen LogP contribution in [0.25, 0.3) is 0 Å². The summed E-state index contributed by atoms with van der Waals surface area (Å²) in [6.07, 6.45) is 7.47. The van der Waals surface area contributed by atoms with Crippen LogP contribution in [-0.2, 0) is 14.8 Å². The number of allylic oxidation sites excluding steroid dienone is 1. The van der Waals surface area contributed by atoms with Crippen molar-refractivity contribution in [3.63, 3.8) is 0 Å². The number of ether oxygens (including phenoxy) is 1. The van der Waals surface area contributed by atoms with E-state index < -0.39 is 16.1 Å². The van der Waals surface area contributed by atoms with Crippen LogP contribution in [0.1, 0.15) is 32.6 Å². The van der Waals surface area contributed by atoms with Crippen LogP contribution in [0.15, 0.2) is 29.8 Å². The number of nitrogens with one attached hydrogen (secondary N) is 1. The van der Waals surface area contributed by atoms with Crippen molar-refractivity contribution >= 4 is 33.2 Å². The Hall–Kier alpha value is -1.73. The van der Waals surface area contributed by atoms with Gasteiger partial charge in [-0.3, -0.25) is 9.10 Å². The molecule has 0 aromatic heterocycles. The SMILES string of the molecule is COc1ccc(Cl)cc1N([C@H](C)C(=O)NCC1=CCCCC1)S(C)(=O)=O. The molecular weight excluding hydrogens is 376 g/mol. The predicted octanol–water partition coefficient (Wildman–Crippen LogP) is 3.12. The molecule has 1 amide bonds. The lowest BCUT2D eigenvalue weighted by Gasteiger charge is -2.29. The first-order valence-electron chi connectivity index (χ1n) is 8.52. The van der Waals surface area contributed by atoms with Crippen molar-refractivity contribution in [2.75, 3.05) is 24.2 Å². The zero-order chi connectivity index (χ0) is 19.3. The van der Waals surface area contributed by atoms with E-state index in [1.165, 1.54) is 25.2 Å². The molecule has 1 atom stereocenters. The number of nitrogens with zero attached hydrogens (tertiary/aromatic N) is 1. The number of amides is 1. The first kappa shape index (κ1) is 20.6. The molecule has 6 nitrogen and oxygen atoms in total. The minimum atomic E-state index is -3.74. The lowest BCUT2D eigenvalue weighted by molar-refractivity contribution is -0.121. The molecule has 0 aliphatic heterocycles. The highest BCUT2D eigenvalue weighted by molar-refractivity contribution is 7.92. The highest BCUT2D eigenvalue weighted by Gasteiger charge is 2.31. The largest absolute Gasteiger partial charge is 0.495 e. The average Bonchev–Trinajstić information content (AvgIpc) is 2.59. The van der Waals surface area contributed by atoms with Crippen molar-refractivity contribution < 1.29 is 17.9 Å². The maximum absolute atomic E-state index is 12.6. The third-order valence-electron chi connectivity index (χ3n) is 4.34. The van der Waals surface area contributed by atoms with Crippen molar-refractivity contribution in [1.82, 2.24) is 5.32 Å². The van der Waals surface area contributed by atoms with Gasteiger partial charge in [0, 0.05) is 11.6 Å². The molecule has 2 rings (SSSR count).